The fraction of sp³-hybridized carbons (Fsp3) is 0.417. The molecule has 35 heavy (non-hydrogen) atoms. The second-order valence-electron chi connectivity index (χ2n) is 9.31. The van der Waals surface area contributed by atoms with Gasteiger partial charge in [0.05, 0.1) is 17.3 Å². The fourth-order valence-electron chi connectivity index (χ4n) is 5.77. The maximum absolute atomic E-state index is 13.8. The number of primary amides is 1. The molecular weight excluding hydrogens is 458 g/mol. The minimum absolute atomic E-state index is 0.00411. The Kier molecular flexibility index (Phi) is 5.73. The van der Waals surface area contributed by atoms with Crippen LogP contribution in [-0.2, 0) is 25.6 Å². The van der Waals surface area contributed by atoms with Crippen molar-refractivity contribution in [1.82, 2.24) is 4.90 Å². The third kappa shape index (κ3) is 3.26. The number of carbonyl (C=O) groups is 3. The van der Waals surface area contributed by atoms with E-state index in [-0.39, 0.29) is 29.7 Å². The summed E-state index contributed by atoms with van der Waals surface area (Å²) >= 11 is 0. The molecule has 1 amide bonds. The first-order valence-electron chi connectivity index (χ1n) is 11.0. The lowest BCUT2D eigenvalue weighted by molar-refractivity contribution is -0.153. The standard InChI is InChI=1S/C24H27N3O8/c1-9(26-35-4)11-5-6-14(28)16-12(11)7-10-8-13-18(27(2)3)20(30)17(23(25)33)22(32)24(13,34)21(31)15(10)19(16)29/h5-6,10,13,18,28-29,32,34H,7-8H2,1-4H3,(H2,25,33)/b26-9-/t10-,13-,18-,24-/m1/s1. The summed E-state index contributed by atoms with van der Waals surface area (Å²) in [6.45, 7) is 1.69. The molecule has 1 aromatic carbocycles. The fourth-order valence-corrected chi connectivity index (χ4v) is 5.77. The van der Waals surface area contributed by atoms with Crippen LogP contribution in [0.4, 0.5) is 0 Å². The van der Waals surface area contributed by atoms with Crippen LogP contribution in [0.25, 0.3) is 5.76 Å². The molecule has 0 aromatic heterocycles. The van der Waals surface area contributed by atoms with Crippen molar-refractivity contribution in [2.75, 3.05) is 21.2 Å². The van der Waals surface area contributed by atoms with Gasteiger partial charge in [0.25, 0.3) is 5.91 Å². The van der Waals surface area contributed by atoms with Gasteiger partial charge in [-0.2, -0.15) is 0 Å². The zero-order valence-corrected chi connectivity index (χ0v) is 19.7. The highest BCUT2D eigenvalue weighted by atomic mass is 16.6. The molecule has 11 heteroatoms. The molecule has 0 spiro atoms. The molecule has 0 unspecified atom stereocenters. The highest BCUT2D eigenvalue weighted by Crippen LogP contribution is 2.52. The number of ketones is 2. The Labute approximate surface area is 200 Å². The van der Waals surface area contributed by atoms with Gasteiger partial charge in [0.1, 0.15) is 30.0 Å². The summed E-state index contributed by atoms with van der Waals surface area (Å²) in [5, 5.41) is 48.1. The Morgan fingerprint density at radius 3 is 2.46 bits per heavy atom. The molecule has 4 rings (SSSR count). The first-order valence-corrected chi connectivity index (χ1v) is 11.0. The smallest absolute Gasteiger partial charge is 0.255 e. The molecule has 3 aliphatic rings. The van der Waals surface area contributed by atoms with Crippen LogP contribution < -0.4 is 5.73 Å². The topological polar surface area (TPSA) is 183 Å². The van der Waals surface area contributed by atoms with Crippen LogP contribution in [0, 0.1) is 11.8 Å². The van der Waals surface area contributed by atoms with Crippen molar-refractivity contribution in [3.05, 3.63) is 45.7 Å². The predicted octanol–water partition coefficient (Wildman–Crippen LogP) is 0.334. The van der Waals surface area contributed by atoms with E-state index in [1.807, 2.05) is 0 Å². The van der Waals surface area contributed by atoms with Crippen molar-refractivity contribution >= 4 is 28.9 Å². The molecule has 4 atom stereocenters. The minimum atomic E-state index is -2.66. The molecule has 3 aliphatic carbocycles. The van der Waals surface area contributed by atoms with Gasteiger partial charge >= 0.3 is 0 Å². The average molecular weight is 485 g/mol. The number of aromatic hydroxyl groups is 1. The van der Waals surface area contributed by atoms with Gasteiger partial charge in [0.15, 0.2) is 11.4 Å². The summed E-state index contributed by atoms with van der Waals surface area (Å²) in [5.41, 5.74) is 3.19. The van der Waals surface area contributed by atoms with Gasteiger partial charge in [-0.25, -0.2) is 0 Å². The third-order valence-corrected chi connectivity index (χ3v) is 7.22. The van der Waals surface area contributed by atoms with E-state index < -0.39 is 58.0 Å². The highest BCUT2D eigenvalue weighted by Gasteiger charge is 2.64. The number of Topliss-reactive ketones (excluding diaryl/α,β-unsaturated/α-hetero) is 2. The zero-order valence-electron chi connectivity index (χ0n) is 19.7. The van der Waals surface area contributed by atoms with Gasteiger partial charge in [-0.1, -0.05) is 5.16 Å². The number of rotatable bonds is 4. The third-order valence-electron chi connectivity index (χ3n) is 7.22. The van der Waals surface area contributed by atoms with Gasteiger partial charge in [0, 0.05) is 17.1 Å². The zero-order chi connectivity index (χ0) is 26.0. The summed E-state index contributed by atoms with van der Waals surface area (Å²) in [6.07, 6.45) is 0.191. The van der Waals surface area contributed by atoms with Crippen molar-refractivity contribution in [3.63, 3.8) is 0 Å². The lowest BCUT2D eigenvalue weighted by atomic mass is 9.57. The van der Waals surface area contributed by atoms with E-state index in [4.69, 9.17) is 10.6 Å². The Balaban J connectivity index is 1.98. The SMILES string of the molecule is CO/N=C(/C)c1ccc(O)c2c1C[C@@H]1C[C@@H]3[C@@H](N(C)C)C(=O)C(C(N)=O)=C(O)[C@]3(O)C(=O)C1=C2O. The number of likely N-dealkylation sites (N-methyl/N-ethyl adjacent to an activating group) is 1. The van der Waals surface area contributed by atoms with Gasteiger partial charge in [-0.15, -0.1) is 0 Å². The summed E-state index contributed by atoms with van der Waals surface area (Å²) in [4.78, 5) is 45.2. The number of phenols is 1. The monoisotopic (exact) mass is 485 g/mol. The van der Waals surface area contributed by atoms with E-state index in [1.54, 1.807) is 27.1 Å². The van der Waals surface area contributed by atoms with E-state index >= 15 is 0 Å². The maximum Gasteiger partial charge on any atom is 0.255 e. The molecule has 11 nitrogen and oxygen atoms in total. The molecule has 0 radical (unpaired) electrons. The largest absolute Gasteiger partial charge is 0.508 e. The van der Waals surface area contributed by atoms with E-state index in [9.17, 15) is 34.8 Å². The van der Waals surface area contributed by atoms with Crippen molar-refractivity contribution in [2.24, 2.45) is 22.7 Å². The van der Waals surface area contributed by atoms with Crippen LogP contribution >= 0.6 is 0 Å². The Morgan fingerprint density at radius 2 is 1.89 bits per heavy atom. The first-order chi connectivity index (χ1) is 16.4. The molecule has 0 bridgehead atoms. The summed E-state index contributed by atoms with van der Waals surface area (Å²) in [5.74, 6) is -6.86. The Morgan fingerprint density at radius 1 is 1.23 bits per heavy atom. The van der Waals surface area contributed by atoms with Crippen LogP contribution in [0.3, 0.4) is 0 Å². The van der Waals surface area contributed by atoms with Crippen LogP contribution in [0.5, 0.6) is 5.75 Å². The summed E-state index contributed by atoms with van der Waals surface area (Å²) in [7, 11) is 4.48. The van der Waals surface area contributed by atoms with Gasteiger partial charge < -0.3 is 31.0 Å². The second kappa shape index (κ2) is 8.21. The average Bonchev–Trinajstić information content (AvgIpc) is 2.76. The number of nitrogens with two attached hydrogens (primary N) is 1. The molecule has 0 heterocycles. The predicted molar refractivity (Wildman–Crippen MR) is 123 cm³/mol. The van der Waals surface area contributed by atoms with E-state index in [2.05, 4.69) is 5.16 Å². The van der Waals surface area contributed by atoms with Crippen LogP contribution in [0.2, 0.25) is 0 Å². The lowest BCUT2D eigenvalue weighted by Gasteiger charge is -2.50. The van der Waals surface area contributed by atoms with Crippen molar-refractivity contribution in [3.8, 4) is 5.75 Å². The molecule has 1 aromatic rings. The number of aliphatic hydroxyl groups excluding tert-OH is 2. The quantitative estimate of drug-likeness (QED) is 0.228. The molecule has 6 N–H and O–H groups in total. The molecule has 1 saturated carbocycles. The normalized spacial score (nSPS) is 28.6. The van der Waals surface area contributed by atoms with E-state index in [1.165, 1.54) is 18.1 Å². The molecule has 0 aliphatic heterocycles. The van der Waals surface area contributed by atoms with Crippen molar-refractivity contribution in [1.29, 1.82) is 0 Å². The van der Waals surface area contributed by atoms with E-state index in [0.717, 1.165) is 0 Å². The van der Waals surface area contributed by atoms with E-state index in [0.29, 0.717) is 16.8 Å². The number of aliphatic hydroxyl groups is 3. The Bertz CT molecular complexity index is 1260. The highest BCUT2D eigenvalue weighted by molar-refractivity contribution is 6.24. The van der Waals surface area contributed by atoms with Crippen LogP contribution in [0.15, 0.2) is 34.2 Å². The number of carbonyl (C=O) groups excluding carboxylic acids is 3. The molecule has 0 saturated heterocycles. The lowest BCUT2D eigenvalue weighted by Crippen LogP contribution is -2.65. The maximum atomic E-state index is 13.8. The number of hydrogen-bond donors (Lipinski definition) is 5. The molecule has 186 valence electrons. The number of oxime groups is 1. The summed E-state index contributed by atoms with van der Waals surface area (Å²) in [6, 6.07) is 1.83. The van der Waals surface area contributed by atoms with Crippen LogP contribution in [-0.4, -0.2) is 81.4 Å². The molecular formula is C24H27N3O8. The molecule has 1 fully saturated rings. The number of hydrogen-bond acceptors (Lipinski definition) is 10. The number of phenolic OH excluding ortho intramolecular Hbond substituents is 1. The number of fused-ring (bicyclic) bond motifs is 3. The first kappa shape index (κ1) is 24.4. The van der Waals surface area contributed by atoms with Gasteiger partial charge in [-0.05, 0) is 57.5 Å². The van der Waals surface area contributed by atoms with Crippen molar-refractivity contribution in [2.45, 2.75) is 31.4 Å². The minimum Gasteiger partial charge on any atom is -0.508 e. The summed E-state index contributed by atoms with van der Waals surface area (Å²) < 4.78 is 0. The number of nitrogens with zero attached hydrogens (tertiary/aromatic N) is 2. The van der Waals surface area contributed by atoms with Gasteiger partial charge in [0.2, 0.25) is 5.78 Å². The van der Waals surface area contributed by atoms with Crippen molar-refractivity contribution < 1.29 is 39.6 Å². The Hall–Kier alpha value is -3.70. The van der Waals surface area contributed by atoms with Crippen LogP contribution in [0.1, 0.15) is 30.0 Å². The van der Waals surface area contributed by atoms with Gasteiger partial charge in [-0.3, -0.25) is 19.3 Å². The second-order valence-corrected chi connectivity index (χ2v) is 9.31. The number of benzene rings is 1. The number of amides is 1.